The molecule has 0 fully saturated rings. The van der Waals surface area contributed by atoms with Gasteiger partial charge in [0, 0.05) is 19.6 Å². The van der Waals surface area contributed by atoms with Crippen molar-refractivity contribution in [3.63, 3.8) is 0 Å². The quantitative estimate of drug-likeness (QED) is 0.142. The van der Waals surface area contributed by atoms with Crippen molar-refractivity contribution in [3.8, 4) is 0 Å². The fourth-order valence-electron chi connectivity index (χ4n) is 3.54. The molecule has 0 amide bonds. The minimum atomic E-state index is -1.41. The van der Waals surface area contributed by atoms with E-state index in [1.165, 1.54) is 0 Å². The highest BCUT2D eigenvalue weighted by Gasteiger charge is 2.32. The second-order valence-electron chi connectivity index (χ2n) is 7.48. The molecule has 3 aromatic rings. The number of carbonyl (C=O) groups is 2. The average Bonchev–Trinajstić information content (AvgIpc) is 2.84. The predicted molar refractivity (Wildman–Crippen MR) is 134 cm³/mol. The van der Waals surface area contributed by atoms with E-state index in [4.69, 9.17) is 0 Å². The van der Waals surface area contributed by atoms with Crippen molar-refractivity contribution >= 4 is 35.5 Å². The lowest BCUT2D eigenvalue weighted by Gasteiger charge is -2.19. The first-order valence-corrected chi connectivity index (χ1v) is 12.2. The monoisotopic (exact) mass is 528 g/mol. The normalized spacial score (nSPS) is 12.4. The zero-order valence-corrected chi connectivity index (χ0v) is 20.2. The van der Waals surface area contributed by atoms with E-state index in [-0.39, 0.29) is 22.3 Å². The zero-order valence-electron chi connectivity index (χ0n) is 18.6. The molecule has 10 nitrogen and oxygen atoms in total. The van der Waals surface area contributed by atoms with Crippen LogP contribution in [0.4, 0.5) is 0 Å². The lowest BCUT2D eigenvalue weighted by molar-refractivity contribution is -0.495. The first-order chi connectivity index (χ1) is 17.2. The summed E-state index contributed by atoms with van der Waals surface area (Å²) < 4.78 is 0. The maximum Gasteiger partial charge on any atom is 0.335 e. The Morgan fingerprint density at radius 1 is 0.667 bits per heavy atom. The van der Waals surface area contributed by atoms with Gasteiger partial charge in [0.05, 0.1) is 24.0 Å². The number of benzene rings is 3. The number of hydrogen-bond acceptors (Lipinski definition) is 8. The standard InChI is InChI=1S/C24H20N2O8S2/c27-23(28)17-11-12-18(24(29)30)20(14-22(26(33)34)36-16-9-5-2-6-10-16)19(17)13-21(25(31)32)35-15-7-3-1-4-8-15/h1-12,21-22H,13-14H2,(H,27,28)(H,29,30). The van der Waals surface area contributed by atoms with Crippen molar-refractivity contribution in [2.45, 2.75) is 33.4 Å². The molecule has 0 saturated carbocycles. The van der Waals surface area contributed by atoms with Gasteiger partial charge in [-0.3, -0.25) is 20.2 Å². The molecule has 0 bridgehead atoms. The molecule has 186 valence electrons. The van der Waals surface area contributed by atoms with Crippen molar-refractivity contribution in [1.82, 2.24) is 0 Å². The van der Waals surface area contributed by atoms with Gasteiger partial charge >= 0.3 is 11.9 Å². The Morgan fingerprint density at radius 3 is 1.28 bits per heavy atom. The molecule has 0 heterocycles. The number of rotatable bonds is 12. The van der Waals surface area contributed by atoms with Crippen LogP contribution in [0.1, 0.15) is 31.8 Å². The minimum Gasteiger partial charge on any atom is -0.478 e. The topological polar surface area (TPSA) is 161 Å². The molecule has 2 unspecified atom stereocenters. The summed E-state index contributed by atoms with van der Waals surface area (Å²) in [6.45, 7) is 0. The van der Waals surface area contributed by atoms with E-state index in [0.29, 0.717) is 9.79 Å². The van der Waals surface area contributed by atoms with Crippen LogP contribution in [0, 0.1) is 20.2 Å². The summed E-state index contributed by atoms with van der Waals surface area (Å²) >= 11 is 1.77. The van der Waals surface area contributed by atoms with Crippen molar-refractivity contribution < 1.29 is 29.6 Å². The van der Waals surface area contributed by atoms with Gasteiger partial charge in [0.25, 0.3) is 10.7 Å². The Bertz CT molecular complexity index is 1170. The van der Waals surface area contributed by atoms with Crippen LogP contribution in [0.2, 0.25) is 0 Å². The van der Waals surface area contributed by atoms with Gasteiger partial charge < -0.3 is 10.2 Å². The van der Waals surface area contributed by atoms with Gasteiger partial charge in [0.1, 0.15) is 0 Å². The predicted octanol–water partition coefficient (Wildman–Crippen LogP) is 4.96. The van der Waals surface area contributed by atoms with Crippen molar-refractivity contribution in [2.24, 2.45) is 0 Å². The SMILES string of the molecule is O=C(O)c1ccc(C(=O)O)c(CC(Sc2ccccc2)[N+](=O)[O-])c1CC(Sc1ccccc1)[N+](=O)[O-]. The number of nitrogens with zero attached hydrogens (tertiary/aromatic N) is 2. The van der Waals surface area contributed by atoms with Gasteiger partial charge in [-0.2, -0.15) is 0 Å². The van der Waals surface area contributed by atoms with E-state index < -0.39 is 45.4 Å². The molecule has 0 aliphatic heterocycles. The summed E-state index contributed by atoms with van der Waals surface area (Å²) in [4.78, 5) is 47.8. The van der Waals surface area contributed by atoms with Crippen LogP contribution in [0.15, 0.2) is 82.6 Å². The van der Waals surface area contributed by atoms with Crippen molar-refractivity contribution in [1.29, 1.82) is 0 Å². The van der Waals surface area contributed by atoms with E-state index in [1.807, 2.05) is 0 Å². The highest BCUT2D eigenvalue weighted by atomic mass is 32.2. The molecule has 2 atom stereocenters. The second kappa shape index (κ2) is 12.2. The molecule has 0 radical (unpaired) electrons. The molecule has 0 aliphatic rings. The highest BCUT2D eigenvalue weighted by molar-refractivity contribution is 8.00. The molecule has 2 N–H and O–H groups in total. The third-order valence-electron chi connectivity index (χ3n) is 5.15. The molecular formula is C24H20N2O8S2. The molecular weight excluding hydrogens is 508 g/mol. The number of aromatic carboxylic acids is 2. The molecule has 12 heteroatoms. The number of carboxylic acid groups (broad SMARTS) is 2. The van der Waals surface area contributed by atoms with Gasteiger partial charge in [-0.05, 0) is 71.0 Å². The Hall–Kier alpha value is -3.90. The molecule has 3 aromatic carbocycles. The summed E-state index contributed by atoms with van der Waals surface area (Å²) in [5, 5.41) is 40.6. The summed E-state index contributed by atoms with van der Waals surface area (Å²) in [5.74, 6) is -2.83. The van der Waals surface area contributed by atoms with Crippen LogP contribution < -0.4 is 0 Å². The van der Waals surface area contributed by atoms with Crippen LogP contribution in [-0.2, 0) is 12.8 Å². The number of nitro groups is 2. The Kier molecular flexibility index (Phi) is 9.03. The zero-order chi connectivity index (χ0) is 26.2. The first-order valence-electron chi connectivity index (χ1n) is 10.5. The van der Waals surface area contributed by atoms with Gasteiger partial charge in [0.15, 0.2) is 0 Å². The Morgan fingerprint density at radius 2 is 1.00 bits per heavy atom. The van der Waals surface area contributed by atoms with E-state index in [2.05, 4.69) is 0 Å². The fraction of sp³-hybridized carbons (Fsp3) is 0.167. The molecule has 36 heavy (non-hydrogen) atoms. The molecule has 3 rings (SSSR count). The second-order valence-corrected chi connectivity index (χ2v) is 9.98. The van der Waals surface area contributed by atoms with E-state index in [9.17, 15) is 40.0 Å². The van der Waals surface area contributed by atoms with E-state index >= 15 is 0 Å². The minimum absolute atomic E-state index is 0.104. The van der Waals surface area contributed by atoms with Gasteiger partial charge in [-0.25, -0.2) is 9.59 Å². The largest absolute Gasteiger partial charge is 0.478 e. The van der Waals surface area contributed by atoms with E-state index in [1.54, 1.807) is 60.7 Å². The van der Waals surface area contributed by atoms with E-state index in [0.717, 1.165) is 35.7 Å². The number of hydrogen-bond donors (Lipinski definition) is 2. The van der Waals surface area contributed by atoms with Crippen LogP contribution in [-0.4, -0.2) is 42.7 Å². The third-order valence-corrected chi connectivity index (χ3v) is 7.46. The fourth-order valence-corrected chi connectivity index (χ4v) is 5.47. The van der Waals surface area contributed by atoms with Gasteiger partial charge in [0.2, 0.25) is 0 Å². The third kappa shape index (κ3) is 6.83. The summed E-state index contributed by atoms with van der Waals surface area (Å²) in [6, 6.07) is 19.0. The number of thioether (sulfide) groups is 2. The molecule has 0 spiro atoms. The number of carboxylic acids is 2. The van der Waals surface area contributed by atoms with Gasteiger partial charge in [-0.1, -0.05) is 36.4 Å². The first kappa shape index (κ1) is 26.7. The summed E-state index contributed by atoms with van der Waals surface area (Å²) in [6.07, 6.45) is -0.879. The van der Waals surface area contributed by atoms with Crippen LogP contribution in [0.5, 0.6) is 0 Å². The van der Waals surface area contributed by atoms with Crippen LogP contribution in [0.3, 0.4) is 0 Å². The molecule has 0 saturated heterocycles. The van der Waals surface area contributed by atoms with Crippen molar-refractivity contribution in [3.05, 3.63) is 115 Å². The maximum absolute atomic E-state index is 12.0. The summed E-state index contributed by atoms with van der Waals surface area (Å²) in [7, 11) is 0. The Labute approximate surface area is 213 Å². The van der Waals surface area contributed by atoms with Crippen LogP contribution >= 0.6 is 23.5 Å². The maximum atomic E-state index is 12.0. The molecule has 0 aromatic heterocycles. The lowest BCUT2D eigenvalue weighted by Crippen LogP contribution is -2.25. The smallest absolute Gasteiger partial charge is 0.335 e. The summed E-state index contributed by atoms with van der Waals surface area (Å²) in [5.41, 5.74) is -0.870. The average molecular weight is 529 g/mol. The molecule has 0 aliphatic carbocycles. The van der Waals surface area contributed by atoms with Gasteiger partial charge in [-0.15, -0.1) is 0 Å². The Balaban J connectivity index is 2.09. The van der Waals surface area contributed by atoms with Crippen molar-refractivity contribution in [2.75, 3.05) is 0 Å². The highest BCUT2D eigenvalue weighted by Crippen LogP contribution is 2.33. The van der Waals surface area contributed by atoms with Crippen LogP contribution in [0.25, 0.3) is 0 Å². The lowest BCUT2D eigenvalue weighted by atomic mass is 9.91.